The molecular weight excluding hydrogens is 457 g/mol. The van der Waals surface area contributed by atoms with Gasteiger partial charge in [-0.15, -0.1) is 24.0 Å². The quantitative estimate of drug-likeness (QED) is 0.162. The highest BCUT2D eigenvalue weighted by molar-refractivity contribution is 14.0. The molecule has 27 heavy (non-hydrogen) atoms. The Hall–Kier alpha value is -1.51. The Balaban J connectivity index is 0.00000676. The van der Waals surface area contributed by atoms with Gasteiger partial charge in [-0.1, -0.05) is 18.6 Å². The number of benzene rings is 1. The van der Waals surface area contributed by atoms with Gasteiger partial charge in [-0.2, -0.15) is 0 Å². The molecule has 154 valence electrons. The smallest absolute Gasteiger partial charge is 0.305 e. The van der Waals surface area contributed by atoms with Crippen molar-refractivity contribution >= 4 is 35.9 Å². The summed E-state index contributed by atoms with van der Waals surface area (Å²) < 4.78 is 10.4. The van der Waals surface area contributed by atoms with Gasteiger partial charge in [0.15, 0.2) is 5.96 Å². The Labute approximate surface area is 180 Å². The number of carbonyl (C=O) groups is 1. The molecule has 0 fully saturated rings. The maximum Gasteiger partial charge on any atom is 0.305 e. The van der Waals surface area contributed by atoms with Gasteiger partial charge >= 0.3 is 5.97 Å². The molecule has 0 aromatic heterocycles. The topological polar surface area (TPSA) is 72.0 Å². The summed E-state index contributed by atoms with van der Waals surface area (Å²) in [6, 6.07) is 6.20. The minimum atomic E-state index is -0.143. The number of guanidine groups is 1. The van der Waals surface area contributed by atoms with Crippen LogP contribution in [-0.2, 0) is 16.1 Å². The van der Waals surface area contributed by atoms with Crippen molar-refractivity contribution in [2.24, 2.45) is 4.99 Å². The zero-order chi connectivity index (χ0) is 19.2. The van der Waals surface area contributed by atoms with Gasteiger partial charge < -0.3 is 20.1 Å². The van der Waals surface area contributed by atoms with E-state index >= 15 is 0 Å². The average Bonchev–Trinajstić information content (AvgIpc) is 2.63. The van der Waals surface area contributed by atoms with Crippen LogP contribution in [0.25, 0.3) is 0 Å². The van der Waals surface area contributed by atoms with E-state index < -0.39 is 0 Å². The maximum absolute atomic E-state index is 11.1. The second-order valence-electron chi connectivity index (χ2n) is 6.05. The lowest BCUT2D eigenvalue weighted by molar-refractivity contribution is -0.140. The van der Waals surface area contributed by atoms with Crippen LogP contribution < -0.4 is 15.4 Å². The number of unbranched alkanes of at least 4 members (excludes halogenated alkanes) is 2. The van der Waals surface area contributed by atoms with Crippen LogP contribution in [0.2, 0.25) is 0 Å². The summed E-state index contributed by atoms with van der Waals surface area (Å²) in [6.45, 7) is 8.92. The van der Waals surface area contributed by atoms with Crippen molar-refractivity contribution in [3.63, 3.8) is 0 Å². The van der Waals surface area contributed by atoms with E-state index in [4.69, 9.17) is 4.74 Å². The molecule has 0 aliphatic carbocycles. The Morgan fingerprint density at radius 3 is 2.59 bits per heavy atom. The molecule has 0 saturated heterocycles. The number of methoxy groups -OCH3 is 1. The summed E-state index contributed by atoms with van der Waals surface area (Å²) in [6.07, 6.45) is 3.30. The largest absolute Gasteiger partial charge is 0.494 e. The van der Waals surface area contributed by atoms with Gasteiger partial charge in [-0.05, 0) is 45.2 Å². The third-order valence-corrected chi connectivity index (χ3v) is 3.85. The van der Waals surface area contributed by atoms with E-state index in [0.29, 0.717) is 19.6 Å². The highest BCUT2D eigenvalue weighted by Gasteiger charge is 2.05. The standard InChI is InChI=1S/C20H33N3O3.HI/c1-5-21-20(22-13-9-7-8-10-19(24)25-4)23-15-17-12-11-16(3)14-18(17)26-6-2;/h11-12,14H,5-10,13,15H2,1-4H3,(H2,21,22,23);1H. The van der Waals surface area contributed by atoms with Crippen molar-refractivity contribution in [1.82, 2.24) is 10.6 Å². The van der Waals surface area contributed by atoms with Gasteiger partial charge in [0.25, 0.3) is 0 Å². The van der Waals surface area contributed by atoms with Crippen LogP contribution in [0.4, 0.5) is 0 Å². The molecule has 6 nitrogen and oxygen atoms in total. The lowest BCUT2D eigenvalue weighted by atomic mass is 10.1. The monoisotopic (exact) mass is 491 g/mol. The third kappa shape index (κ3) is 11.0. The van der Waals surface area contributed by atoms with Crippen LogP contribution in [0.15, 0.2) is 23.2 Å². The van der Waals surface area contributed by atoms with E-state index in [0.717, 1.165) is 49.6 Å². The average molecular weight is 491 g/mol. The summed E-state index contributed by atoms with van der Waals surface area (Å²) in [7, 11) is 1.42. The van der Waals surface area contributed by atoms with Crippen molar-refractivity contribution in [2.45, 2.75) is 53.0 Å². The number of hydrogen-bond acceptors (Lipinski definition) is 4. The molecule has 1 rings (SSSR count). The Morgan fingerprint density at radius 2 is 1.93 bits per heavy atom. The van der Waals surface area contributed by atoms with E-state index in [2.05, 4.69) is 45.5 Å². The molecule has 0 atom stereocenters. The maximum atomic E-state index is 11.1. The van der Waals surface area contributed by atoms with Gasteiger partial charge in [0.05, 0.1) is 20.3 Å². The zero-order valence-electron chi connectivity index (χ0n) is 17.0. The molecule has 0 radical (unpaired) electrons. The number of rotatable bonds is 11. The molecule has 1 aromatic rings. The minimum absolute atomic E-state index is 0. The van der Waals surface area contributed by atoms with E-state index in [1.54, 1.807) is 0 Å². The summed E-state index contributed by atoms with van der Waals surface area (Å²) in [5.41, 5.74) is 2.26. The number of ether oxygens (including phenoxy) is 2. The number of carbonyl (C=O) groups excluding carboxylic acids is 1. The SMILES string of the molecule is CCNC(=NCc1ccc(C)cc1OCC)NCCCCCC(=O)OC.I. The van der Waals surface area contributed by atoms with Gasteiger partial charge in [-0.3, -0.25) is 4.79 Å². The van der Waals surface area contributed by atoms with Crippen molar-refractivity contribution in [2.75, 3.05) is 26.8 Å². The number of nitrogens with one attached hydrogen (secondary N) is 2. The number of nitrogens with zero attached hydrogens (tertiary/aromatic N) is 1. The van der Waals surface area contributed by atoms with Gasteiger partial charge in [0, 0.05) is 25.1 Å². The number of aryl methyl sites for hydroxylation is 1. The second-order valence-corrected chi connectivity index (χ2v) is 6.05. The van der Waals surface area contributed by atoms with Crippen LogP contribution >= 0.6 is 24.0 Å². The summed E-state index contributed by atoms with van der Waals surface area (Å²) in [5.74, 6) is 1.55. The molecule has 0 bridgehead atoms. The molecule has 0 aliphatic rings. The fraction of sp³-hybridized carbons (Fsp3) is 0.600. The molecule has 0 unspecified atom stereocenters. The normalized spacial score (nSPS) is 10.7. The van der Waals surface area contributed by atoms with Gasteiger partial charge in [-0.25, -0.2) is 4.99 Å². The van der Waals surface area contributed by atoms with Crippen molar-refractivity contribution in [3.05, 3.63) is 29.3 Å². The van der Waals surface area contributed by atoms with Crippen molar-refractivity contribution in [1.29, 1.82) is 0 Å². The molecular formula is C20H34IN3O3. The fourth-order valence-corrected chi connectivity index (χ4v) is 2.47. The number of halogens is 1. The predicted octanol–water partition coefficient (Wildman–Crippen LogP) is 3.80. The summed E-state index contributed by atoms with van der Waals surface area (Å²) in [5, 5.41) is 6.60. The zero-order valence-corrected chi connectivity index (χ0v) is 19.3. The van der Waals surface area contributed by atoms with Gasteiger partial charge in [0.2, 0.25) is 0 Å². The number of hydrogen-bond donors (Lipinski definition) is 2. The van der Waals surface area contributed by atoms with E-state index in [9.17, 15) is 4.79 Å². The molecule has 2 N–H and O–H groups in total. The van der Waals surface area contributed by atoms with Crippen LogP contribution in [-0.4, -0.2) is 38.7 Å². The van der Waals surface area contributed by atoms with Crippen LogP contribution in [0.1, 0.15) is 50.7 Å². The third-order valence-electron chi connectivity index (χ3n) is 3.85. The van der Waals surface area contributed by atoms with Crippen molar-refractivity contribution in [3.8, 4) is 5.75 Å². The molecule has 0 spiro atoms. The molecule has 0 amide bonds. The lowest BCUT2D eigenvalue weighted by Crippen LogP contribution is -2.37. The fourth-order valence-electron chi connectivity index (χ4n) is 2.47. The van der Waals surface area contributed by atoms with Crippen LogP contribution in [0.3, 0.4) is 0 Å². The lowest BCUT2D eigenvalue weighted by Gasteiger charge is -2.13. The van der Waals surface area contributed by atoms with E-state index in [-0.39, 0.29) is 29.9 Å². The molecule has 0 aliphatic heterocycles. The highest BCUT2D eigenvalue weighted by Crippen LogP contribution is 2.21. The van der Waals surface area contributed by atoms with E-state index in [1.165, 1.54) is 12.7 Å². The first kappa shape index (κ1) is 25.5. The first-order valence-corrected chi connectivity index (χ1v) is 9.42. The highest BCUT2D eigenvalue weighted by atomic mass is 127. The predicted molar refractivity (Wildman–Crippen MR) is 121 cm³/mol. The first-order chi connectivity index (χ1) is 12.6. The number of aliphatic imine (C=N–C) groups is 1. The number of esters is 1. The van der Waals surface area contributed by atoms with Gasteiger partial charge in [0.1, 0.15) is 5.75 Å². The Morgan fingerprint density at radius 1 is 1.15 bits per heavy atom. The first-order valence-electron chi connectivity index (χ1n) is 9.42. The second kappa shape index (κ2) is 15.5. The van der Waals surface area contributed by atoms with Crippen LogP contribution in [0, 0.1) is 6.92 Å². The Bertz CT molecular complexity index is 580. The summed E-state index contributed by atoms with van der Waals surface area (Å²) in [4.78, 5) is 15.7. The van der Waals surface area contributed by atoms with E-state index in [1.807, 2.05) is 13.8 Å². The van der Waals surface area contributed by atoms with Crippen LogP contribution in [0.5, 0.6) is 5.75 Å². The molecule has 1 aromatic carbocycles. The Kier molecular flexibility index (Phi) is 14.7. The van der Waals surface area contributed by atoms with Crippen molar-refractivity contribution < 1.29 is 14.3 Å². The molecule has 0 heterocycles. The minimum Gasteiger partial charge on any atom is -0.494 e. The summed E-state index contributed by atoms with van der Waals surface area (Å²) >= 11 is 0. The molecule has 7 heteroatoms. The molecule has 0 saturated carbocycles.